The summed E-state index contributed by atoms with van der Waals surface area (Å²) in [4.78, 5) is 4.37. The van der Waals surface area contributed by atoms with Gasteiger partial charge in [0.25, 0.3) is 0 Å². The van der Waals surface area contributed by atoms with Crippen molar-refractivity contribution < 1.29 is 0 Å². The molecular formula is C9H10N4S3. The third-order valence-electron chi connectivity index (χ3n) is 1.78. The van der Waals surface area contributed by atoms with Gasteiger partial charge in [-0.15, -0.1) is 10.2 Å². The second kappa shape index (κ2) is 5.03. The Bertz CT molecular complexity index is 497. The summed E-state index contributed by atoms with van der Waals surface area (Å²) in [5.41, 5.74) is 7.47. The van der Waals surface area contributed by atoms with Crippen molar-refractivity contribution >= 4 is 40.5 Å². The van der Waals surface area contributed by atoms with Gasteiger partial charge >= 0.3 is 0 Å². The average molecular weight is 270 g/mol. The van der Waals surface area contributed by atoms with Gasteiger partial charge in [0.05, 0.1) is 5.69 Å². The fraction of sp³-hybridized carbons (Fsp3) is 0.222. The molecule has 0 aromatic carbocycles. The molecule has 0 saturated heterocycles. The number of anilines is 1. The second-order valence-electron chi connectivity index (χ2n) is 2.99. The summed E-state index contributed by atoms with van der Waals surface area (Å²) in [7, 11) is 0. The summed E-state index contributed by atoms with van der Waals surface area (Å²) in [6.45, 7) is 1.94. The van der Waals surface area contributed by atoms with E-state index in [1.54, 1.807) is 23.1 Å². The van der Waals surface area contributed by atoms with Crippen LogP contribution in [0.25, 0.3) is 0 Å². The van der Waals surface area contributed by atoms with Gasteiger partial charge in [0.15, 0.2) is 8.68 Å². The maximum atomic E-state index is 5.84. The van der Waals surface area contributed by atoms with Crippen LogP contribution in [0.1, 0.15) is 5.69 Å². The molecule has 0 aliphatic carbocycles. The van der Waals surface area contributed by atoms with Crippen LogP contribution in [-0.2, 0) is 0 Å². The molecule has 0 amide bonds. The Hall–Kier alpha value is -0.790. The number of thioether (sulfide) groups is 1. The van der Waals surface area contributed by atoms with Crippen molar-refractivity contribution in [2.45, 2.75) is 20.6 Å². The van der Waals surface area contributed by atoms with E-state index in [-0.39, 0.29) is 0 Å². The highest BCUT2D eigenvalue weighted by Gasteiger charge is 2.09. The molecule has 0 fully saturated rings. The van der Waals surface area contributed by atoms with Crippen molar-refractivity contribution in [3.05, 3.63) is 17.8 Å². The number of nitrogens with zero attached hydrogens (tertiary/aromatic N) is 3. The van der Waals surface area contributed by atoms with E-state index < -0.39 is 0 Å². The lowest BCUT2D eigenvalue weighted by atomic mass is 10.3. The molecule has 2 aromatic rings. The van der Waals surface area contributed by atoms with Gasteiger partial charge in [-0.2, -0.15) is 0 Å². The molecule has 0 saturated carbocycles. The molecule has 0 aliphatic heterocycles. The van der Waals surface area contributed by atoms with Crippen LogP contribution in [0.15, 0.2) is 25.8 Å². The van der Waals surface area contributed by atoms with Crippen LogP contribution in [-0.4, -0.2) is 21.4 Å². The van der Waals surface area contributed by atoms with Crippen LogP contribution in [0.4, 0.5) is 5.69 Å². The van der Waals surface area contributed by atoms with Crippen LogP contribution in [0.3, 0.4) is 0 Å². The number of nitrogens with two attached hydrogens (primary N) is 1. The van der Waals surface area contributed by atoms with Crippen LogP contribution >= 0.6 is 34.9 Å². The van der Waals surface area contributed by atoms with E-state index in [2.05, 4.69) is 15.2 Å². The molecule has 4 nitrogen and oxygen atoms in total. The zero-order chi connectivity index (χ0) is 11.5. The molecule has 0 unspecified atom stereocenters. The Labute approximate surface area is 106 Å². The van der Waals surface area contributed by atoms with E-state index in [9.17, 15) is 0 Å². The predicted octanol–water partition coefficient (Wildman–Crippen LogP) is 2.70. The molecule has 0 aliphatic rings. The Morgan fingerprint density at radius 2 is 2.00 bits per heavy atom. The monoisotopic (exact) mass is 270 g/mol. The van der Waals surface area contributed by atoms with Crippen molar-refractivity contribution in [1.82, 2.24) is 15.2 Å². The van der Waals surface area contributed by atoms with Crippen LogP contribution in [0.5, 0.6) is 0 Å². The molecule has 0 bridgehead atoms. The molecule has 84 valence electrons. The van der Waals surface area contributed by atoms with Gasteiger partial charge in [-0.1, -0.05) is 23.1 Å². The summed E-state index contributed by atoms with van der Waals surface area (Å²) in [6.07, 6.45) is 1.98. The molecule has 2 rings (SSSR count). The highest BCUT2D eigenvalue weighted by atomic mass is 32.2. The van der Waals surface area contributed by atoms with E-state index in [4.69, 9.17) is 5.73 Å². The zero-order valence-electron chi connectivity index (χ0n) is 8.80. The first-order chi connectivity index (χ1) is 7.69. The molecule has 2 heterocycles. The maximum absolute atomic E-state index is 5.84. The van der Waals surface area contributed by atoms with E-state index >= 15 is 0 Å². The molecule has 0 spiro atoms. The number of aromatic nitrogens is 3. The van der Waals surface area contributed by atoms with Crippen LogP contribution in [0.2, 0.25) is 0 Å². The number of hydrogen-bond acceptors (Lipinski definition) is 7. The average Bonchev–Trinajstić information content (AvgIpc) is 2.71. The third-order valence-corrected chi connectivity index (χ3v) is 4.75. The largest absolute Gasteiger partial charge is 0.397 e. The van der Waals surface area contributed by atoms with Gasteiger partial charge in [0.2, 0.25) is 0 Å². The minimum atomic E-state index is 0.677. The Balaban J connectivity index is 2.22. The van der Waals surface area contributed by atoms with E-state index in [1.165, 1.54) is 11.8 Å². The fourth-order valence-electron chi connectivity index (χ4n) is 1.03. The molecule has 16 heavy (non-hydrogen) atoms. The summed E-state index contributed by atoms with van der Waals surface area (Å²) >= 11 is 4.60. The normalized spacial score (nSPS) is 10.6. The van der Waals surface area contributed by atoms with E-state index in [0.717, 1.165) is 19.4 Å². The lowest BCUT2D eigenvalue weighted by molar-refractivity contribution is 0.952. The number of nitrogen functional groups attached to an aromatic ring is 1. The molecule has 0 radical (unpaired) electrons. The van der Waals surface area contributed by atoms with Gasteiger partial charge < -0.3 is 5.73 Å². The lowest BCUT2D eigenvalue weighted by Crippen LogP contribution is -1.93. The number of aryl methyl sites for hydroxylation is 1. The minimum absolute atomic E-state index is 0.677. The zero-order valence-corrected chi connectivity index (χ0v) is 11.2. The molecular weight excluding hydrogens is 260 g/mol. The predicted molar refractivity (Wildman–Crippen MR) is 69.2 cm³/mol. The SMILES string of the molecule is CSc1nnc(Sc2nc(C)ccc2N)s1. The summed E-state index contributed by atoms with van der Waals surface area (Å²) in [5, 5.41) is 8.89. The van der Waals surface area contributed by atoms with E-state index in [0.29, 0.717) is 5.69 Å². The second-order valence-corrected chi connectivity index (χ2v) is 6.25. The molecule has 2 aromatic heterocycles. The molecule has 7 heteroatoms. The third kappa shape index (κ3) is 2.66. The first-order valence-corrected chi connectivity index (χ1v) is 7.33. The van der Waals surface area contributed by atoms with Crippen LogP contribution < -0.4 is 5.73 Å². The standard InChI is InChI=1S/C9H10N4S3/c1-5-3-4-6(10)7(11-5)15-9-13-12-8(14-2)16-9/h3-4H,10H2,1-2H3. The molecule has 2 N–H and O–H groups in total. The van der Waals surface area contributed by atoms with Crippen molar-refractivity contribution in [3.8, 4) is 0 Å². The summed E-state index contributed by atoms with van der Waals surface area (Å²) < 4.78 is 1.82. The summed E-state index contributed by atoms with van der Waals surface area (Å²) in [6, 6.07) is 3.76. The van der Waals surface area contributed by atoms with Crippen molar-refractivity contribution in [1.29, 1.82) is 0 Å². The molecule has 0 atom stereocenters. The highest BCUT2D eigenvalue weighted by Crippen LogP contribution is 2.34. The highest BCUT2D eigenvalue weighted by molar-refractivity contribution is 8.03. The van der Waals surface area contributed by atoms with E-state index in [1.807, 2.05) is 25.3 Å². The minimum Gasteiger partial charge on any atom is -0.397 e. The Morgan fingerprint density at radius 3 is 2.69 bits per heavy atom. The first kappa shape index (κ1) is 11.7. The van der Waals surface area contributed by atoms with Gasteiger partial charge in [-0.05, 0) is 37.1 Å². The summed E-state index contributed by atoms with van der Waals surface area (Å²) in [5.74, 6) is 0. The van der Waals surface area contributed by atoms with Crippen molar-refractivity contribution in [2.24, 2.45) is 0 Å². The number of hydrogen-bond donors (Lipinski definition) is 1. The quantitative estimate of drug-likeness (QED) is 0.865. The number of pyridine rings is 1. The lowest BCUT2D eigenvalue weighted by Gasteiger charge is -2.02. The van der Waals surface area contributed by atoms with Gasteiger partial charge in [0, 0.05) is 5.69 Å². The van der Waals surface area contributed by atoms with Crippen LogP contribution in [0, 0.1) is 6.92 Å². The van der Waals surface area contributed by atoms with Gasteiger partial charge in [-0.25, -0.2) is 4.98 Å². The first-order valence-electron chi connectivity index (χ1n) is 4.47. The maximum Gasteiger partial charge on any atom is 0.181 e. The fourth-order valence-corrected chi connectivity index (χ4v) is 3.46. The van der Waals surface area contributed by atoms with Gasteiger partial charge in [0.1, 0.15) is 5.03 Å². The van der Waals surface area contributed by atoms with Crippen molar-refractivity contribution in [2.75, 3.05) is 12.0 Å². The topological polar surface area (TPSA) is 64.7 Å². The van der Waals surface area contributed by atoms with Gasteiger partial charge in [-0.3, -0.25) is 0 Å². The van der Waals surface area contributed by atoms with Crippen molar-refractivity contribution in [3.63, 3.8) is 0 Å². The number of rotatable bonds is 3. The smallest absolute Gasteiger partial charge is 0.181 e. The Kier molecular flexibility index (Phi) is 3.67. The Morgan fingerprint density at radius 1 is 1.25 bits per heavy atom.